The largest absolute Gasteiger partial charge is 0.545 e. The number of aryl methyl sites for hydroxylation is 1. The van der Waals surface area contributed by atoms with Gasteiger partial charge >= 0.3 is 0 Å². The van der Waals surface area contributed by atoms with Gasteiger partial charge in [0.25, 0.3) is 10.0 Å². The number of carbonyl (C=O) groups is 1. The monoisotopic (exact) mass is 368 g/mol. The molecule has 0 aromatic heterocycles. The van der Waals surface area contributed by atoms with Gasteiger partial charge in [-0.1, -0.05) is 28.1 Å². The number of hydrogen-bond donors (Lipinski definition) is 1. The smallest absolute Gasteiger partial charge is 0.261 e. The summed E-state index contributed by atoms with van der Waals surface area (Å²) in [6.07, 6.45) is 0. The first-order valence-electron chi connectivity index (χ1n) is 5.90. The molecule has 0 bridgehead atoms. The van der Waals surface area contributed by atoms with E-state index < -0.39 is 16.0 Å². The fraction of sp³-hybridized carbons (Fsp3) is 0.0714. The van der Waals surface area contributed by atoms with E-state index in [2.05, 4.69) is 20.7 Å². The molecule has 2 aromatic rings. The third kappa shape index (κ3) is 3.62. The van der Waals surface area contributed by atoms with Gasteiger partial charge in [0, 0.05) is 15.7 Å². The molecule has 0 saturated heterocycles. The van der Waals surface area contributed by atoms with Crippen molar-refractivity contribution in [1.29, 1.82) is 0 Å². The summed E-state index contributed by atoms with van der Waals surface area (Å²) in [7, 11) is -3.86. The summed E-state index contributed by atoms with van der Waals surface area (Å²) in [4.78, 5) is 10.8. The summed E-state index contributed by atoms with van der Waals surface area (Å²) < 4.78 is 27.6. The average Bonchev–Trinajstić information content (AvgIpc) is 2.38. The van der Waals surface area contributed by atoms with Gasteiger partial charge in [-0.3, -0.25) is 4.72 Å². The zero-order valence-corrected chi connectivity index (χ0v) is 13.4. The summed E-state index contributed by atoms with van der Waals surface area (Å²) in [5.74, 6) is -1.41. The highest BCUT2D eigenvalue weighted by Gasteiger charge is 2.16. The number of nitrogens with one attached hydrogen (secondary N) is 1. The minimum atomic E-state index is -3.86. The first kappa shape index (κ1) is 15.5. The van der Waals surface area contributed by atoms with E-state index in [1.165, 1.54) is 12.1 Å². The predicted octanol–water partition coefficient (Wildman–Crippen LogP) is 1.92. The Kier molecular flexibility index (Phi) is 4.34. The highest BCUT2D eigenvalue weighted by Crippen LogP contribution is 2.21. The molecule has 110 valence electrons. The first-order chi connectivity index (χ1) is 9.79. The van der Waals surface area contributed by atoms with Crippen LogP contribution in [-0.2, 0) is 10.0 Å². The summed E-state index contributed by atoms with van der Waals surface area (Å²) >= 11 is 3.25. The van der Waals surface area contributed by atoms with Crippen LogP contribution in [0.3, 0.4) is 0 Å². The number of hydrogen-bond acceptors (Lipinski definition) is 4. The zero-order chi connectivity index (χ0) is 15.6. The molecule has 0 aliphatic rings. The van der Waals surface area contributed by atoms with Crippen LogP contribution >= 0.6 is 15.9 Å². The van der Waals surface area contributed by atoms with Gasteiger partial charge in [0.2, 0.25) is 0 Å². The fourth-order valence-corrected chi connectivity index (χ4v) is 3.23. The van der Waals surface area contributed by atoms with Crippen LogP contribution in [0.2, 0.25) is 0 Å². The van der Waals surface area contributed by atoms with Crippen molar-refractivity contribution in [2.45, 2.75) is 11.8 Å². The lowest BCUT2D eigenvalue weighted by molar-refractivity contribution is -0.255. The van der Waals surface area contributed by atoms with Gasteiger partial charge in [-0.15, -0.1) is 0 Å². The molecule has 0 atom stereocenters. The fourth-order valence-electron chi connectivity index (χ4n) is 1.75. The van der Waals surface area contributed by atoms with Gasteiger partial charge in [-0.05, 0) is 42.8 Å². The van der Waals surface area contributed by atoms with Gasteiger partial charge in [-0.2, -0.15) is 0 Å². The molecule has 0 amide bonds. The lowest BCUT2D eigenvalue weighted by Crippen LogP contribution is -2.24. The number of anilines is 1. The van der Waals surface area contributed by atoms with Gasteiger partial charge in [0.05, 0.1) is 10.9 Å². The quantitative estimate of drug-likeness (QED) is 0.892. The summed E-state index contributed by atoms with van der Waals surface area (Å²) in [6, 6.07) is 10.5. The Balaban J connectivity index is 2.40. The Hall–Kier alpha value is -1.86. The predicted molar refractivity (Wildman–Crippen MR) is 80.5 cm³/mol. The molecule has 0 unspecified atom stereocenters. The first-order valence-corrected chi connectivity index (χ1v) is 8.17. The number of sulfonamides is 1. The van der Waals surface area contributed by atoms with Crippen LogP contribution in [0, 0.1) is 6.92 Å². The maximum atomic E-state index is 12.3. The minimum Gasteiger partial charge on any atom is -0.545 e. The maximum Gasteiger partial charge on any atom is 0.261 e. The number of halogens is 1. The Morgan fingerprint density at radius 1 is 1.19 bits per heavy atom. The second-order valence-corrected chi connectivity index (χ2v) is 6.98. The van der Waals surface area contributed by atoms with Gasteiger partial charge in [-0.25, -0.2) is 8.42 Å². The van der Waals surface area contributed by atoms with E-state index in [1.807, 2.05) is 0 Å². The summed E-state index contributed by atoms with van der Waals surface area (Å²) in [6.45, 7) is 1.57. The molecule has 2 aromatic carbocycles. The van der Waals surface area contributed by atoms with Gasteiger partial charge in [0.1, 0.15) is 0 Å². The van der Waals surface area contributed by atoms with Crippen LogP contribution in [-0.4, -0.2) is 14.4 Å². The van der Waals surface area contributed by atoms with E-state index >= 15 is 0 Å². The standard InChI is InChI=1S/C14H12BrNO4S/c1-9-5-6-12(8-13(9)14(17)18)21(19,20)16-11-4-2-3-10(15)7-11/h2-8,16H,1H3,(H,17,18)/p-1. The SMILES string of the molecule is Cc1ccc(S(=O)(=O)Nc2cccc(Br)c2)cc1C(=O)[O-]. The molecule has 0 spiro atoms. The summed E-state index contributed by atoms with van der Waals surface area (Å²) in [5.41, 5.74) is 0.670. The van der Waals surface area contributed by atoms with E-state index in [-0.39, 0.29) is 10.5 Å². The lowest BCUT2D eigenvalue weighted by Gasteiger charge is -2.12. The molecule has 0 aliphatic carbocycles. The van der Waals surface area contributed by atoms with Crippen molar-refractivity contribution in [3.8, 4) is 0 Å². The number of benzene rings is 2. The number of carbonyl (C=O) groups excluding carboxylic acids is 1. The third-order valence-corrected chi connectivity index (χ3v) is 4.69. The summed E-state index contributed by atoms with van der Waals surface area (Å²) in [5, 5.41) is 11.0. The van der Waals surface area contributed by atoms with Crippen LogP contribution in [0.5, 0.6) is 0 Å². The zero-order valence-electron chi connectivity index (χ0n) is 11.0. The topological polar surface area (TPSA) is 86.3 Å². The lowest BCUT2D eigenvalue weighted by atomic mass is 10.1. The highest BCUT2D eigenvalue weighted by molar-refractivity contribution is 9.10. The van der Waals surface area contributed by atoms with E-state index in [0.29, 0.717) is 11.3 Å². The number of carboxylic acids is 1. The van der Waals surface area contributed by atoms with Gasteiger partial charge in [0.15, 0.2) is 0 Å². The van der Waals surface area contributed by atoms with Crippen LogP contribution < -0.4 is 9.83 Å². The Bertz CT molecular complexity index is 802. The van der Waals surface area contributed by atoms with Gasteiger partial charge < -0.3 is 9.90 Å². The van der Waals surface area contributed by atoms with Crippen molar-refractivity contribution >= 4 is 37.6 Å². The molecule has 5 nitrogen and oxygen atoms in total. The molecule has 0 heterocycles. The van der Waals surface area contributed by atoms with Crippen LogP contribution in [0.25, 0.3) is 0 Å². The molecule has 0 fully saturated rings. The van der Waals surface area contributed by atoms with E-state index in [0.717, 1.165) is 10.5 Å². The molecule has 0 radical (unpaired) electrons. The van der Waals surface area contributed by atoms with Crippen LogP contribution in [0.15, 0.2) is 51.8 Å². The van der Waals surface area contributed by atoms with Crippen molar-refractivity contribution in [3.05, 3.63) is 58.1 Å². The van der Waals surface area contributed by atoms with E-state index in [1.54, 1.807) is 31.2 Å². The van der Waals surface area contributed by atoms with Crippen molar-refractivity contribution in [1.82, 2.24) is 0 Å². The molecule has 7 heteroatoms. The van der Waals surface area contributed by atoms with Crippen molar-refractivity contribution in [2.24, 2.45) is 0 Å². The Labute approximate surface area is 130 Å². The van der Waals surface area contributed by atoms with E-state index in [4.69, 9.17) is 0 Å². The second-order valence-electron chi connectivity index (χ2n) is 4.38. The minimum absolute atomic E-state index is 0.132. The normalized spacial score (nSPS) is 11.1. The molecular weight excluding hydrogens is 358 g/mol. The van der Waals surface area contributed by atoms with Crippen molar-refractivity contribution < 1.29 is 18.3 Å². The van der Waals surface area contributed by atoms with Crippen LogP contribution in [0.1, 0.15) is 15.9 Å². The maximum absolute atomic E-state index is 12.3. The second kappa shape index (κ2) is 5.87. The molecule has 0 aliphatic heterocycles. The van der Waals surface area contributed by atoms with Crippen molar-refractivity contribution in [3.63, 3.8) is 0 Å². The van der Waals surface area contributed by atoms with E-state index in [9.17, 15) is 18.3 Å². The van der Waals surface area contributed by atoms with Crippen molar-refractivity contribution in [2.75, 3.05) is 4.72 Å². The Morgan fingerprint density at radius 3 is 2.52 bits per heavy atom. The molecule has 0 saturated carbocycles. The number of carboxylic acid groups (broad SMARTS) is 1. The highest BCUT2D eigenvalue weighted by atomic mass is 79.9. The number of rotatable bonds is 4. The molecule has 1 N–H and O–H groups in total. The molecule has 21 heavy (non-hydrogen) atoms. The average molecular weight is 369 g/mol. The van der Waals surface area contributed by atoms with Crippen LogP contribution in [0.4, 0.5) is 5.69 Å². The molecular formula is C14H11BrNO4S-. The third-order valence-electron chi connectivity index (χ3n) is 2.82. The molecule has 2 rings (SSSR count). The Morgan fingerprint density at radius 2 is 1.90 bits per heavy atom. The number of aromatic carboxylic acids is 1.